The summed E-state index contributed by atoms with van der Waals surface area (Å²) in [5.41, 5.74) is 2.03. The predicted octanol–water partition coefficient (Wildman–Crippen LogP) is 3.18. The molecule has 0 bridgehead atoms. The molecule has 4 rings (SSSR count). The number of fused-ring (bicyclic) bond motifs is 1. The highest BCUT2D eigenvalue weighted by atomic mass is 32.2. The number of nitrogens with two attached hydrogens (primary N) is 1. The molecule has 184 valence electrons. The average Bonchev–Trinajstić information content (AvgIpc) is 3.38. The van der Waals surface area contributed by atoms with Crippen LogP contribution in [-0.2, 0) is 17.1 Å². The van der Waals surface area contributed by atoms with E-state index in [0.29, 0.717) is 27.3 Å². The number of aryl methyl sites for hydroxylation is 3. The van der Waals surface area contributed by atoms with Gasteiger partial charge in [-0.15, -0.1) is 11.3 Å². The molecule has 0 spiro atoms. The van der Waals surface area contributed by atoms with E-state index in [-0.39, 0.29) is 38.7 Å². The fraction of sp³-hybridized carbons (Fsp3) is 0.261. The predicted molar refractivity (Wildman–Crippen MR) is 135 cm³/mol. The number of aromatic amines is 1. The average molecular weight is 516 g/mol. The summed E-state index contributed by atoms with van der Waals surface area (Å²) in [6.07, 6.45) is 3.24. The van der Waals surface area contributed by atoms with Crippen molar-refractivity contribution in [1.82, 2.24) is 19.9 Å². The number of nitrogens with zero attached hydrogens (tertiary/aromatic N) is 2. The maximum atomic E-state index is 12.8. The normalized spacial score (nSPS) is 11.9. The van der Waals surface area contributed by atoms with Crippen LogP contribution < -0.4 is 20.8 Å². The van der Waals surface area contributed by atoms with Crippen molar-refractivity contribution in [2.75, 3.05) is 0 Å². The molecule has 0 radical (unpaired) electrons. The summed E-state index contributed by atoms with van der Waals surface area (Å²) in [5, 5.41) is 8.67. The zero-order valence-electron chi connectivity index (χ0n) is 19.8. The molecule has 0 fully saturated rings. The van der Waals surface area contributed by atoms with Crippen molar-refractivity contribution in [2.45, 2.75) is 37.9 Å². The highest BCUT2D eigenvalue weighted by Gasteiger charge is 2.24. The summed E-state index contributed by atoms with van der Waals surface area (Å²) in [6.45, 7) is 7.30. The second kappa shape index (κ2) is 8.95. The van der Waals surface area contributed by atoms with Gasteiger partial charge in [-0.2, -0.15) is 0 Å². The molecule has 0 aliphatic rings. The van der Waals surface area contributed by atoms with Gasteiger partial charge in [-0.1, -0.05) is 0 Å². The Labute approximate surface area is 205 Å². The number of carbonyl (C=O) groups is 1. The number of hydrogen-bond acceptors (Lipinski definition) is 7. The number of nitrogens with one attached hydrogen (secondary N) is 2. The van der Waals surface area contributed by atoms with Crippen LogP contribution in [0, 0.1) is 13.8 Å². The first-order chi connectivity index (χ1) is 16.4. The van der Waals surface area contributed by atoms with Gasteiger partial charge in [-0.25, -0.2) is 13.6 Å². The molecular formula is C23H25N5O5S2. The smallest absolute Gasteiger partial charge is 0.274 e. The van der Waals surface area contributed by atoms with Crippen molar-refractivity contribution in [1.29, 1.82) is 0 Å². The molecule has 12 heteroatoms. The molecule has 10 nitrogen and oxygen atoms in total. The Bertz CT molecular complexity index is 1610. The lowest BCUT2D eigenvalue weighted by Gasteiger charge is -2.12. The van der Waals surface area contributed by atoms with Crippen LogP contribution >= 0.6 is 11.3 Å². The third-order valence-electron chi connectivity index (χ3n) is 5.32. The van der Waals surface area contributed by atoms with Crippen LogP contribution in [0.15, 0.2) is 39.6 Å². The molecule has 4 heterocycles. The lowest BCUT2D eigenvalue weighted by molar-refractivity contribution is 0.0939. The number of ether oxygens (including phenoxy) is 1. The van der Waals surface area contributed by atoms with Crippen LogP contribution in [0.1, 0.15) is 35.6 Å². The van der Waals surface area contributed by atoms with Crippen molar-refractivity contribution in [3.8, 4) is 21.9 Å². The summed E-state index contributed by atoms with van der Waals surface area (Å²) in [7, 11) is -2.46. The van der Waals surface area contributed by atoms with Gasteiger partial charge in [-0.05, 0) is 45.4 Å². The van der Waals surface area contributed by atoms with E-state index in [1.54, 1.807) is 38.5 Å². The number of thiophene rings is 1. The standard InChI is InChI=1S/C23H25N5O5S2/c1-11(2)26-22(29)16-8-14-15(10-28(5)23(30)19(14)27-16)21-17(9-18(34-21)35(24,31)32)33-20-12(3)6-7-25-13(20)4/h6-11,27H,1-5H3,(H,26,29)(H2,24,31,32). The van der Waals surface area contributed by atoms with Gasteiger partial charge in [0.2, 0.25) is 10.0 Å². The summed E-state index contributed by atoms with van der Waals surface area (Å²) < 4.78 is 31.8. The minimum absolute atomic E-state index is 0.1000. The molecule has 1 amide bonds. The first-order valence-corrected chi connectivity index (χ1v) is 13.0. The zero-order valence-corrected chi connectivity index (χ0v) is 21.4. The zero-order chi connectivity index (χ0) is 25.7. The molecule has 0 aromatic carbocycles. The van der Waals surface area contributed by atoms with Crippen LogP contribution in [0.25, 0.3) is 21.3 Å². The second-order valence-corrected chi connectivity index (χ2v) is 11.3. The molecule has 4 aromatic rings. The van der Waals surface area contributed by atoms with Crippen molar-refractivity contribution in [3.63, 3.8) is 0 Å². The Kier molecular flexibility index (Phi) is 6.30. The Morgan fingerprint density at radius 2 is 2.00 bits per heavy atom. The maximum absolute atomic E-state index is 12.8. The van der Waals surface area contributed by atoms with Crippen LogP contribution in [0.3, 0.4) is 0 Å². The molecule has 4 aromatic heterocycles. The van der Waals surface area contributed by atoms with Crippen LogP contribution in [0.4, 0.5) is 0 Å². The van der Waals surface area contributed by atoms with Crippen molar-refractivity contribution < 1.29 is 17.9 Å². The number of rotatable bonds is 6. The number of carbonyl (C=O) groups excluding carboxylic acids is 1. The topological polar surface area (TPSA) is 149 Å². The minimum atomic E-state index is -4.04. The first kappa shape index (κ1) is 24.6. The third kappa shape index (κ3) is 4.72. The van der Waals surface area contributed by atoms with Gasteiger partial charge in [0.15, 0.2) is 5.75 Å². The molecule has 0 saturated carbocycles. The van der Waals surface area contributed by atoms with Gasteiger partial charge in [0.1, 0.15) is 21.2 Å². The van der Waals surface area contributed by atoms with Crippen LogP contribution in [0.2, 0.25) is 0 Å². The molecular weight excluding hydrogens is 490 g/mol. The Hall–Kier alpha value is -3.48. The van der Waals surface area contributed by atoms with E-state index in [1.807, 2.05) is 20.8 Å². The summed E-state index contributed by atoms with van der Waals surface area (Å²) in [4.78, 5) is 33.1. The molecule has 0 aliphatic heterocycles. The Morgan fingerprint density at radius 3 is 2.63 bits per heavy atom. The fourth-order valence-corrected chi connectivity index (χ4v) is 5.51. The molecule has 0 atom stereocenters. The Balaban J connectivity index is 1.97. The van der Waals surface area contributed by atoms with Gasteiger partial charge in [0, 0.05) is 42.5 Å². The van der Waals surface area contributed by atoms with Crippen LogP contribution in [0.5, 0.6) is 11.5 Å². The van der Waals surface area contributed by atoms with E-state index >= 15 is 0 Å². The lowest BCUT2D eigenvalue weighted by atomic mass is 10.1. The van der Waals surface area contributed by atoms with Crippen molar-refractivity contribution in [2.24, 2.45) is 12.2 Å². The molecule has 35 heavy (non-hydrogen) atoms. The van der Waals surface area contributed by atoms with Crippen molar-refractivity contribution >= 4 is 38.2 Å². The van der Waals surface area contributed by atoms with E-state index < -0.39 is 10.0 Å². The maximum Gasteiger partial charge on any atom is 0.274 e. The number of H-pyrrole nitrogens is 1. The van der Waals surface area contributed by atoms with E-state index in [0.717, 1.165) is 16.9 Å². The number of amides is 1. The molecule has 4 N–H and O–H groups in total. The summed E-state index contributed by atoms with van der Waals surface area (Å²) in [6, 6.07) is 4.61. The second-order valence-electron chi connectivity index (χ2n) is 8.51. The lowest BCUT2D eigenvalue weighted by Crippen LogP contribution is -2.30. The SMILES string of the molecule is Cc1ccnc(C)c1Oc1cc(S(N)(=O)=O)sc1-c1cn(C)c(=O)c2[nH]c(C(=O)NC(C)C)cc12. The Morgan fingerprint density at radius 1 is 1.29 bits per heavy atom. The van der Waals surface area contributed by atoms with Gasteiger partial charge in [0.25, 0.3) is 11.5 Å². The van der Waals surface area contributed by atoms with E-state index in [2.05, 4.69) is 15.3 Å². The molecule has 0 saturated heterocycles. The van der Waals surface area contributed by atoms with Crippen molar-refractivity contribution in [3.05, 3.63) is 57.9 Å². The van der Waals surface area contributed by atoms with E-state index in [4.69, 9.17) is 9.88 Å². The largest absolute Gasteiger partial charge is 0.454 e. The van der Waals surface area contributed by atoms with Gasteiger partial charge in [-0.3, -0.25) is 14.6 Å². The van der Waals surface area contributed by atoms with Gasteiger partial charge in [0.05, 0.1) is 10.6 Å². The first-order valence-electron chi connectivity index (χ1n) is 10.7. The number of pyridine rings is 2. The van der Waals surface area contributed by atoms with Gasteiger partial charge < -0.3 is 19.6 Å². The number of primary sulfonamides is 1. The van der Waals surface area contributed by atoms with E-state index in [1.165, 1.54) is 10.6 Å². The number of hydrogen-bond donors (Lipinski definition) is 3. The van der Waals surface area contributed by atoms with E-state index in [9.17, 15) is 18.0 Å². The number of aromatic nitrogens is 3. The molecule has 0 unspecified atom stereocenters. The fourth-order valence-electron chi connectivity index (χ4n) is 3.68. The third-order valence-corrected chi connectivity index (χ3v) is 7.89. The molecule has 0 aliphatic carbocycles. The number of sulfonamides is 1. The summed E-state index contributed by atoms with van der Waals surface area (Å²) in [5.74, 6) is 0.367. The summed E-state index contributed by atoms with van der Waals surface area (Å²) >= 11 is 0.920. The highest BCUT2D eigenvalue weighted by Crippen LogP contribution is 2.45. The minimum Gasteiger partial charge on any atom is -0.454 e. The van der Waals surface area contributed by atoms with Gasteiger partial charge >= 0.3 is 0 Å². The van der Waals surface area contributed by atoms with Crippen LogP contribution in [-0.4, -0.2) is 34.9 Å². The monoisotopic (exact) mass is 515 g/mol. The quantitative estimate of drug-likeness (QED) is 0.359. The highest BCUT2D eigenvalue weighted by molar-refractivity contribution is 7.91.